The zero-order chi connectivity index (χ0) is 10.7. The second kappa shape index (κ2) is 6.46. The quantitative estimate of drug-likeness (QED) is 0.362. The van der Waals surface area contributed by atoms with E-state index in [2.05, 4.69) is 9.78 Å². The summed E-state index contributed by atoms with van der Waals surface area (Å²) >= 11 is 17.1. The zero-order valence-electron chi connectivity index (χ0n) is 7.31. The molecule has 0 amide bonds. The Morgan fingerprint density at radius 2 is 1.67 bits per heavy atom. The number of carbonyl (C=O) groups is 1. The summed E-state index contributed by atoms with van der Waals surface area (Å²) in [5.74, 6) is -0.455. The molecule has 0 heterocycles. The van der Waals surface area contributed by atoms with Crippen LogP contribution in [-0.2, 0) is 26.8 Å². The standard InChI is InChI=1S/C8H5Cl3O3.Cu/c1-4(12)13-14-8-3-6(10)5(9)2-7(8)11;/h2-3H,1H3;. The summed E-state index contributed by atoms with van der Waals surface area (Å²) in [5.41, 5.74) is 0. The van der Waals surface area contributed by atoms with Gasteiger partial charge in [0.1, 0.15) is 0 Å². The van der Waals surface area contributed by atoms with E-state index in [1.54, 1.807) is 0 Å². The normalized spacial score (nSPS) is 9.07. The largest absolute Gasteiger partial charge is 0.352 e. The summed E-state index contributed by atoms with van der Waals surface area (Å²) in [5, 5.41) is 0.769. The van der Waals surface area contributed by atoms with Crippen LogP contribution >= 0.6 is 34.8 Å². The van der Waals surface area contributed by atoms with Crippen LogP contribution in [0.15, 0.2) is 12.1 Å². The van der Waals surface area contributed by atoms with Gasteiger partial charge in [0.15, 0.2) is 5.75 Å². The summed E-state index contributed by atoms with van der Waals surface area (Å²) in [6, 6.07) is 2.75. The average molecular weight is 319 g/mol. The minimum Gasteiger partial charge on any atom is -0.285 e. The van der Waals surface area contributed by atoms with Crippen LogP contribution in [0.4, 0.5) is 0 Å². The molecule has 0 saturated heterocycles. The summed E-state index contributed by atoms with van der Waals surface area (Å²) in [6.07, 6.45) is 0. The Labute approximate surface area is 112 Å². The summed E-state index contributed by atoms with van der Waals surface area (Å²) in [7, 11) is 0. The Kier molecular flexibility index (Phi) is 6.41. The topological polar surface area (TPSA) is 35.5 Å². The molecule has 0 saturated carbocycles. The van der Waals surface area contributed by atoms with Gasteiger partial charge in [0, 0.05) is 30.1 Å². The van der Waals surface area contributed by atoms with Crippen LogP contribution in [0.2, 0.25) is 15.1 Å². The minimum atomic E-state index is -0.591. The molecular formula is C8H5Cl3CuO3. The average Bonchev–Trinajstić information content (AvgIpc) is 2.09. The molecule has 0 aliphatic rings. The van der Waals surface area contributed by atoms with Crippen LogP contribution in [-0.4, -0.2) is 5.97 Å². The van der Waals surface area contributed by atoms with E-state index in [1.165, 1.54) is 19.1 Å². The second-order valence-electron chi connectivity index (χ2n) is 2.35. The molecule has 0 aliphatic carbocycles. The van der Waals surface area contributed by atoms with Gasteiger partial charge in [-0.3, -0.25) is 9.78 Å². The van der Waals surface area contributed by atoms with E-state index in [1.807, 2.05) is 0 Å². The molecule has 0 bridgehead atoms. The summed E-state index contributed by atoms with van der Waals surface area (Å²) in [6.45, 7) is 1.20. The Morgan fingerprint density at radius 3 is 2.20 bits per heavy atom. The van der Waals surface area contributed by atoms with Gasteiger partial charge < -0.3 is 0 Å². The van der Waals surface area contributed by atoms with E-state index in [0.717, 1.165) is 0 Å². The maximum Gasteiger partial charge on any atom is 0.352 e. The SMILES string of the molecule is CC(=O)OOc1cc(Cl)c(Cl)cc1Cl.[Cu]. The third kappa shape index (κ3) is 4.49. The van der Waals surface area contributed by atoms with E-state index in [-0.39, 0.29) is 32.9 Å². The molecule has 0 unspecified atom stereocenters. The van der Waals surface area contributed by atoms with Gasteiger partial charge in [0.05, 0.1) is 15.1 Å². The molecule has 0 fully saturated rings. The maximum absolute atomic E-state index is 10.4. The van der Waals surface area contributed by atoms with Crippen molar-refractivity contribution in [3.63, 3.8) is 0 Å². The molecular weight excluding hydrogens is 314 g/mol. The van der Waals surface area contributed by atoms with Crippen molar-refractivity contribution in [2.75, 3.05) is 0 Å². The Hall–Kier alpha value is -0.121. The molecule has 1 aromatic rings. The second-order valence-corrected chi connectivity index (χ2v) is 3.58. The van der Waals surface area contributed by atoms with Crippen molar-refractivity contribution in [1.29, 1.82) is 0 Å². The fraction of sp³-hybridized carbons (Fsp3) is 0.125. The Morgan fingerprint density at radius 1 is 1.13 bits per heavy atom. The minimum absolute atomic E-state index is 0. The van der Waals surface area contributed by atoms with Gasteiger partial charge in [0.2, 0.25) is 0 Å². The number of hydrogen-bond donors (Lipinski definition) is 0. The zero-order valence-corrected chi connectivity index (χ0v) is 10.5. The van der Waals surface area contributed by atoms with Gasteiger partial charge >= 0.3 is 5.97 Å². The molecule has 0 spiro atoms. The first-order valence-corrected chi connectivity index (χ1v) is 4.63. The van der Waals surface area contributed by atoms with E-state index in [0.29, 0.717) is 5.02 Å². The molecule has 87 valence electrons. The molecule has 3 nitrogen and oxygen atoms in total. The van der Waals surface area contributed by atoms with Gasteiger partial charge in [-0.15, -0.1) is 0 Å². The van der Waals surface area contributed by atoms with Crippen LogP contribution < -0.4 is 4.89 Å². The Bertz CT molecular complexity index is 370. The molecule has 0 atom stereocenters. The van der Waals surface area contributed by atoms with E-state index in [4.69, 9.17) is 34.8 Å². The molecule has 0 aromatic heterocycles. The van der Waals surface area contributed by atoms with Crippen molar-refractivity contribution in [3.8, 4) is 5.75 Å². The van der Waals surface area contributed by atoms with Gasteiger partial charge in [-0.1, -0.05) is 34.8 Å². The molecule has 15 heavy (non-hydrogen) atoms. The van der Waals surface area contributed by atoms with Crippen LogP contribution in [0.25, 0.3) is 0 Å². The fourth-order valence-electron chi connectivity index (χ4n) is 0.672. The molecule has 0 N–H and O–H groups in total. The van der Waals surface area contributed by atoms with Crippen LogP contribution in [0.1, 0.15) is 6.92 Å². The number of carbonyl (C=O) groups excluding carboxylic acids is 1. The number of rotatable bonds is 2. The summed E-state index contributed by atoms with van der Waals surface area (Å²) < 4.78 is 0. The van der Waals surface area contributed by atoms with Crippen molar-refractivity contribution >= 4 is 40.8 Å². The number of hydrogen-bond acceptors (Lipinski definition) is 3. The summed E-state index contributed by atoms with van der Waals surface area (Å²) in [4.78, 5) is 19.3. The molecule has 1 aromatic carbocycles. The van der Waals surface area contributed by atoms with E-state index >= 15 is 0 Å². The van der Waals surface area contributed by atoms with Crippen LogP contribution in [0.3, 0.4) is 0 Å². The number of benzene rings is 1. The van der Waals surface area contributed by atoms with Crippen molar-refractivity contribution in [3.05, 3.63) is 27.2 Å². The molecule has 1 radical (unpaired) electrons. The van der Waals surface area contributed by atoms with Gasteiger partial charge in [-0.05, 0) is 6.07 Å². The van der Waals surface area contributed by atoms with E-state index in [9.17, 15) is 4.79 Å². The van der Waals surface area contributed by atoms with Crippen molar-refractivity contribution in [1.82, 2.24) is 0 Å². The van der Waals surface area contributed by atoms with Crippen molar-refractivity contribution in [2.24, 2.45) is 0 Å². The number of halogens is 3. The van der Waals surface area contributed by atoms with Crippen molar-refractivity contribution < 1.29 is 31.6 Å². The predicted molar refractivity (Wildman–Crippen MR) is 53.9 cm³/mol. The maximum atomic E-state index is 10.4. The van der Waals surface area contributed by atoms with Crippen molar-refractivity contribution in [2.45, 2.75) is 6.92 Å². The first kappa shape index (κ1) is 14.9. The molecule has 7 heteroatoms. The predicted octanol–water partition coefficient (Wildman–Crippen LogP) is 3.50. The third-order valence-corrected chi connectivity index (χ3v) is 2.24. The van der Waals surface area contributed by atoms with Gasteiger partial charge in [-0.2, -0.15) is 0 Å². The smallest absolute Gasteiger partial charge is 0.285 e. The first-order valence-electron chi connectivity index (χ1n) is 3.50. The van der Waals surface area contributed by atoms with Crippen LogP contribution in [0, 0.1) is 0 Å². The molecule has 1 rings (SSSR count). The fourth-order valence-corrected chi connectivity index (χ4v) is 1.24. The third-order valence-electron chi connectivity index (χ3n) is 1.22. The monoisotopic (exact) mass is 317 g/mol. The van der Waals surface area contributed by atoms with E-state index < -0.39 is 5.97 Å². The molecule has 0 aliphatic heterocycles. The Balaban J connectivity index is 0.00000196. The first-order chi connectivity index (χ1) is 6.50. The van der Waals surface area contributed by atoms with Gasteiger partial charge in [-0.25, -0.2) is 4.79 Å². The van der Waals surface area contributed by atoms with Gasteiger partial charge in [0.25, 0.3) is 0 Å². The van der Waals surface area contributed by atoms with Crippen LogP contribution in [0.5, 0.6) is 5.75 Å².